The Bertz CT molecular complexity index is 829. The van der Waals surface area contributed by atoms with Crippen molar-refractivity contribution >= 4 is 5.91 Å². The molecule has 0 saturated carbocycles. The summed E-state index contributed by atoms with van der Waals surface area (Å²) in [4.78, 5) is 15.2. The summed E-state index contributed by atoms with van der Waals surface area (Å²) in [6, 6.07) is 12.6. The van der Waals surface area contributed by atoms with E-state index in [9.17, 15) is 4.79 Å². The van der Waals surface area contributed by atoms with Crippen LogP contribution < -0.4 is 10.1 Å². The van der Waals surface area contributed by atoms with Crippen molar-refractivity contribution in [2.45, 2.75) is 46.1 Å². The smallest absolute Gasteiger partial charge is 0.251 e. The van der Waals surface area contributed by atoms with Gasteiger partial charge < -0.3 is 10.1 Å². The molecule has 0 bridgehead atoms. The van der Waals surface area contributed by atoms with Gasteiger partial charge in [-0.1, -0.05) is 38.1 Å². The van der Waals surface area contributed by atoms with E-state index in [-0.39, 0.29) is 5.91 Å². The maximum absolute atomic E-state index is 12.7. The van der Waals surface area contributed by atoms with Gasteiger partial charge in [-0.3, -0.25) is 9.69 Å². The molecule has 4 nitrogen and oxygen atoms in total. The van der Waals surface area contributed by atoms with Crippen LogP contribution in [0.1, 0.15) is 58.8 Å². The van der Waals surface area contributed by atoms with Gasteiger partial charge in [-0.15, -0.1) is 0 Å². The van der Waals surface area contributed by atoms with Crippen LogP contribution in [-0.2, 0) is 13.0 Å². The molecule has 28 heavy (non-hydrogen) atoms. The molecule has 2 aromatic rings. The van der Waals surface area contributed by atoms with Gasteiger partial charge in [-0.05, 0) is 60.1 Å². The van der Waals surface area contributed by atoms with Gasteiger partial charge in [0.1, 0.15) is 5.75 Å². The normalized spacial score (nSPS) is 14.0. The minimum absolute atomic E-state index is 0.00560. The van der Waals surface area contributed by atoms with E-state index in [0.29, 0.717) is 12.5 Å². The van der Waals surface area contributed by atoms with Crippen molar-refractivity contribution < 1.29 is 9.53 Å². The van der Waals surface area contributed by atoms with E-state index in [1.807, 2.05) is 19.1 Å². The highest BCUT2D eigenvalue weighted by molar-refractivity contribution is 5.96. The second-order valence-electron chi connectivity index (χ2n) is 7.97. The van der Waals surface area contributed by atoms with E-state index < -0.39 is 0 Å². The van der Waals surface area contributed by atoms with Crippen molar-refractivity contribution in [3.8, 4) is 5.75 Å². The Labute approximate surface area is 168 Å². The van der Waals surface area contributed by atoms with Crippen molar-refractivity contribution in [1.29, 1.82) is 0 Å². The summed E-state index contributed by atoms with van der Waals surface area (Å²) in [5.74, 6) is 1.17. The molecule has 1 heterocycles. The van der Waals surface area contributed by atoms with Gasteiger partial charge in [-0.25, -0.2) is 0 Å². The van der Waals surface area contributed by atoms with Crippen LogP contribution >= 0.6 is 0 Å². The third kappa shape index (κ3) is 4.74. The number of hydrogen-bond donors (Lipinski definition) is 1. The first-order valence-electron chi connectivity index (χ1n) is 10.3. The molecule has 0 spiro atoms. The highest BCUT2D eigenvalue weighted by atomic mass is 16.5. The minimum atomic E-state index is 0.00560. The lowest BCUT2D eigenvalue weighted by molar-refractivity contribution is 0.0950. The molecule has 1 aliphatic rings. The number of methoxy groups -OCH3 is 1. The molecule has 0 radical (unpaired) electrons. The summed E-state index contributed by atoms with van der Waals surface area (Å²) in [7, 11) is 1.68. The lowest BCUT2D eigenvalue weighted by atomic mass is 9.96. The summed E-state index contributed by atoms with van der Waals surface area (Å²) in [5.41, 5.74) is 5.68. The number of ether oxygens (including phenoxy) is 1. The van der Waals surface area contributed by atoms with Gasteiger partial charge in [-0.2, -0.15) is 0 Å². The van der Waals surface area contributed by atoms with Crippen molar-refractivity contribution in [2.75, 3.05) is 26.7 Å². The molecule has 0 atom stereocenters. The monoisotopic (exact) mass is 380 g/mol. The van der Waals surface area contributed by atoms with E-state index >= 15 is 0 Å². The molecule has 2 aromatic carbocycles. The molecular weight excluding hydrogens is 348 g/mol. The average molecular weight is 381 g/mol. The van der Waals surface area contributed by atoms with Gasteiger partial charge >= 0.3 is 0 Å². The van der Waals surface area contributed by atoms with Crippen molar-refractivity contribution in [1.82, 2.24) is 10.2 Å². The maximum Gasteiger partial charge on any atom is 0.251 e. The fraction of sp³-hybridized carbons (Fsp3) is 0.458. The number of amides is 1. The molecule has 1 amide bonds. The third-order valence-electron chi connectivity index (χ3n) is 5.59. The molecule has 0 unspecified atom stereocenters. The Hall–Kier alpha value is -2.33. The second kappa shape index (κ2) is 9.24. The van der Waals surface area contributed by atoms with Gasteiger partial charge in [0.15, 0.2) is 0 Å². The molecule has 0 aliphatic carbocycles. The minimum Gasteiger partial charge on any atom is -0.496 e. The summed E-state index contributed by atoms with van der Waals surface area (Å²) in [6.07, 6.45) is 2.08. The number of nitrogens with one attached hydrogen (secondary N) is 1. The van der Waals surface area contributed by atoms with Crippen LogP contribution in [0.25, 0.3) is 0 Å². The Balaban J connectivity index is 1.52. The second-order valence-corrected chi connectivity index (χ2v) is 7.97. The van der Waals surface area contributed by atoms with Crippen LogP contribution in [-0.4, -0.2) is 37.6 Å². The number of benzene rings is 2. The Morgan fingerprint density at radius 1 is 1.21 bits per heavy atom. The van der Waals surface area contributed by atoms with E-state index in [1.165, 1.54) is 11.1 Å². The first-order chi connectivity index (χ1) is 13.5. The van der Waals surface area contributed by atoms with Crippen molar-refractivity contribution in [2.24, 2.45) is 0 Å². The number of carbonyl (C=O) groups is 1. The van der Waals surface area contributed by atoms with E-state index in [2.05, 4.69) is 48.3 Å². The molecule has 1 aliphatic heterocycles. The van der Waals surface area contributed by atoms with Gasteiger partial charge in [0.2, 0.25) is 0 Å². The molecule has 150 valence electrons. The van der Waals surface area contributed by atoms with Gasteiger partial charge in [0.05, 0.1) is 7.11 Å². The molecular formula is C24H32N2O2. The lowest BCUT2D eigenvalue weighted by Gasteiger charge is -2.28. The van der Waals surface area contributed by atoms with Gasteiger partial charge in [0, 0.05) is 31.7 Å². The number of aryl methyl sites for hydroxylation is 1. The molecule has 1 N–H and O–H groups in total. The molecule has 0 fully saturated rings. The van der Waals surface area contributed by atoms with Crippen molar-refractivity contribution in [3.63, 3.8) is 0 Å². The van der Waals surface area contributed by atoms with Crippen LogP contribution in [0.5, 0.6) is 5.75 Å². The quantitative estimate of drug-likeness (QED) is 0.728. The summed E-state index contributed by atoms with van der Waals surface area (Å²) < 4.78 is 5.48. The number of hydrogen-bond acceptors (Lipinski definition) is 3. The van der Waals surface area contributed by atoms with Crippen LogP contribution in [0.15, 0.2) is 36.4 Å². The molecule has 3 rings (SSSR count). The predicted octanol–water partition coefficient (Wildman–Crippen LogP) is 4.31. The number of fused-ring (bicyclic) bond motifs is 1. The zero-order valence-electron chi connectivity index (χ0n) is 17.5. The third-order valence-corrected chi connectivity index (χ3v) is 5.59. The van der Waals surface area contributed by atoms with E-state index in [1.54, 1.807) is 7.11 Å². The Kier molecular flexibility index (Phi) is 6.74. The van der Waals surface area contributed by atoms with Crippen LogP contribution in [0.4, 0.5) is 0 Å². The van der Waals surface area contributed by atoms with Crippen LogP contribution in [0, 0.1) is 6.92 Å². The summed E-state index contributed by atoms with van der Waals surface area (Å²) in [6.45, 7) is 10.0. The lowest BCUT2D eigenvalue weighted by Crippen LogP contribution is -2.33. The molecule has 4 heteroatoms. The highest BCUT2D eigenvalue weighted by Crippen LogP contribution is 2.29. The highest BCUT2D eigenvalue weighted by Gasteiger charge is 2.17. The zero-order chi connectivity index (χ0) is 20.1. The number of rotatable bonds is 7. The van der Waals surface area contributed by atoms with Gasteiger partial charge in [0.25, 0.3) is 5.91 Å². The number of carbonyl (C=O) groups excluding carboxylic acids is 1. The number of nitrogens with zero attached hydrogens (tertiary/aromatic N) is 1. The average Bonchev–Trinajstić information content (AvgIpc) is 2.70. The largest absolute Gasteiger partial charge is 0.496 e. The van der Waals surface area contributed by atoms with E-state index in [4.69, 9.17) is 4.74 Å². The van der Waals surface area contributed by atoms with Crippen LogP contribution in [0.3, 0.4) is 0 Å². The van der Waals surface area contributed by atoms with E-state index in [0.717, 1.165) is 54.9 Å². The standard InChI is InChI=1S/C24H32N2O2/c1-17(2)21-15-22(18(3)14-23(21)28-4)24(27)25-11-7-12-26-13-10-19-8-5-6-9-20(19)16-26/h5-6,8-9,14-15,17H,7,10-13,16H2,1-4H3,(H,25,27). The Morgan fingerprint density at radius 2 is 1.96 bits per heavy atom. The van der Waals surface area contributed by atoms with Crippen molar-refractivity contribution in [3.05, 3.63) is 64.2 Å². The Morgan fingerprint density at radius 3 is 2.68 bits per heavy atom. The first-order valence-corrected chi connectivity index (χ1v) is 10.3. The summed E-state index contributed by atoms with van der Waals surface area (Å²) in [5, 5.41) is 3.10. The van der Waals surface area contributed by atoms with Crippen LogP contribution in [0.2, 0.25) is 0 Å². The topological polar surface area (TPSA) is 41.6 Å². The SMILES string of the molecule is COc1cc(C)c(C(=O)NCCCN2CCc3ccccc3C2)cc1C(C)C. The predicted molar refractivity (Wildman–Crippen MR) is 114 cm³/mol. The fourth-order valence-corrected chi connectivity index (χ4v) is 3.92. The maximum atomic E-state index is 12.7. The molecule has 0 saturated heterocycles. The zero-order valence-corrected chi connectivity index (χ0v) is 17.5. The first kappa shape index (κ1) is 20.4. The fourth-order valence-electron chi connectivity index (χ4n) is 3.92. The molecule has 0 aromatic heterocycles. The summed E-state index contributed by atoms with van der Waals surface area (Å²) >= 11 is 0.